The molecule has 0 unspecified atom stereocenters. The van der Waals surface area contributed by atoms with E-state index >= 15 is 0 Å². The fraction of sp³-hybridized carbons (Fsp3) is 0.294. The molecule has 2 aromatic rings. The van der Waals surface area contributed by atoms with Gasteiger partial charge in [-0.25, -0.2) is 0 Å². The summed E-state index contributed by atoms with van der Waals surface area (Å²) in [5, 5.41) is 14.6. The number of halogens is 1. The van der Waals surface area contributed by atoms with E-state index in [0.717, 1.165) is 24.8 Å². The zero-order valence-corrected chi connectivity index (χ0v) is 12.8. The van der Waals surface area contributed by atoms with Crippen LogP contribution in [0.2, 0.25) is 5.02 Å². The molecule has 0 saturated heterocycles. The van der Waals surface area contributed by atoms with Crippen LogP contribution < -0.4 is 5.32 Å². The van der Waals surface area contributed by atoms with Crippen molar-refractivity contribution in [2.45, 2.75) is 31.8 Å². The number of hydrogen-bond acceptors (Lipinski definition) is 3. The smallest absolute Gasteiger partial charge is 0.288 e. The van der Waals surface area contributed by atoms with Crippen LogP contribution in [-0.2, 0) is 13.0 Å². The molecule has 0 saturated carbocycles. The third-order valence-electron chi connectivity index (χ3n) is 4.13. The number of nitrogens with one attached hydrogen (secondary N) is 1. The molecular formula is C17H17ClN2O2. The molecule has 22 heavy (non-hydrogen) atoms. The standard InChI is InChI=1S/C17H17ClN2O2/c18-15-9-8-12(10-17(15)20(21)22)11-19-16-7-3-5-13-4-1-2-6-14(13)16/h1-2,4,6,8-10,16,19H,3,5,7,11H2/t16-/m0/s1. The first-order valence-corrected chi connectivity index (χ1v) is 7.77. The third-order valence-corrected chi connectivity index (χ3v) is 4.45. The molecule has 5 heteroatoms. The van der Waals surface area contributed by atoms with Crippen molar-refractivity contribution in [2.24, 2.45) is 0 Å². The monoisotopic (exact) mass is 316 g/mol. The molecule has 4 nitrogen and oxygen atoms in total. The molecule has 3 rings (SSSR count). The quantitative estimate of drug-likeness (QED) is 0.671. The van der Waals surface area contributed by atoms with Crippen LogP contribution >= 0.6 is 11.6 Å². The van der Waals surface area contributed by atoms with E-state index in [1.165, 1.54) is 11.1 Å². The van der Waals surface area contributed by atoms with Gasteiger partial charge in [0.2, 0.25) is 0 Å². The number of hydrogen-bond donors (Lipinski definition) is 1. The van der Waals surface area contributed by atoms with Gasteiger partial charge in [0.25, 0.3) is 5.69 Å². The summed E-state index contributed by atoms with van der Waals surface area (Å²) in [7, 11) is 0. The van der Waals surface area contributed by atoms with Gasteiger partial charge in [0.15, 0.2) is 0 Å². The van der Waals surface area contributed by atoms with Crippen molar-refractivity contribution >= 4 is 17.3 Å². The Labute approximate surface area is 134 Å². The summed E-state index contributed by atoms with van der Waals surface area (Å²) in [6, 6.07) is 13.7. The van der Waals surface area contributed by atoms with Gasteiger partial charge in [-0.15, -0.1) is 0 Å². The van der Waals surface area contributed by atoms with Gasteiger partial charge in [0.1, 0.15) is 5.02 Å². The minimum absolute atomic E-state index is 0.0370. The Morgan fingerprint density at radius 2 is 2.09 bits per heavy atom. The summed E-state index contributed by atoms with van der Waals surface area (Å²) in [5.74, 6) is 0. The number of benzene rings is 2. The van der Waals surface area contributed by atoms with E-state index in [0.29, 0.717) is 12.6 Å². The first-order chi connectivity index (χ1) is 10.6. The second-order valence-corrected chi connectivity index (χ2v) is 5.97. The third kappa shape index (κ3) is 3.13. The maximum atomic E-state index is 10.9. The van der Waals surface area contributed by atoms with Gasteiger partial charge in [-0.05, 0) is 42.0 Å². The fourth-order valence-electron chi connectivity index (χ4n) is 3.02. The lowest BCUT2D eigenvalue weighted by molar-refractivity contribution is -0.384. The highest BCUT2D eigenvalue weighted by atomic mass is 35.5. The number of nitrogens with zero attached hydrogens (tertiary/aromatic N) is 1. The molecule has 0 radical (unpaired) electrons. The molecule has 0 bridgehead atoms. The molecule has 1 aliphatic rings. The molecular weight excluding hydrogens is 300 g/mol. The van der Waals surface area contributed by atoms with Gasteiger partial charge in [-0.1, -0.05) is 41.9 Å². The number of nitro benzene ring substituents is 1. The van der Waals surface area contributed by atoms with Crippen molar-refractivity contribution < 1.29 is 4.92 Å². The molecule has 0 fully saturated rings. The van der Waals surface area contributed by atoms with Crippen molar-refractivity contribution in [1.29, 1.82) is 0 Å². The summed E-state index contributed by atoms with van der Waals surface area (Å²) in [6.45, 7) is 0.594. The predicted octanol–water partition coefficient (Wildman–Crippen LogP) is 4.42. The van der Waals surface area contributed by atoms with E-state index in [1.807, 2.05) is 6.07 Å². The minimum atomic E-state index is -0.443. The van der Waals surface area contributed by atoms with Gasteiger partial charge in [0, 0.05) is 18.7 Å². The van der Waals surface area contributed by atoms with E-state index < -0.39 is 4.92 Å². The Kier molecular flexibility index (Phi) is 4.41. The number of fused-ring (bicyclic) bond motifs is 1. The SMILES string of the molecule is O=[N+]([O-])c1cc(CN[C@H]2CCCc3ccccc32)ccc1Cl. The van der Waals surface area contributed by atoms with E-state index in [1.54, 1.807) is 12.1 Å². The molecule has 1 N–H and O–H groups in total. The minimum Gasteiger partial charge on any atom is -0.306 e. The van der Waals surface area contributed by atoms with Crippen LogP contribution in [0.4, 0.5) is 5.69 Å². The number of nitro groups is 1. The lowest BCUT2D eigenvalue weighted by Gasteiger charge is -2.26. The van der Waals surface area contributed by atoms with Crippen LogP contribution in [0, 0.1) is 10.1 Å². The normalized spacial score (nSPS) is 17.0. The fourth-order valence-corrected chi connectivity index (χ4v) is 3.20. The first-order valence-electron chi connectivity index (χ1n) is 7.39. The van der Waals surface area contributed by atoms with E-state index in [-0.39, 0.29) is 10.7 Å². The molecule has 0 heterocycles. The maximum absolute atomic E-state index is 10.9. The van der Waals surface area contributed by atoms with Crippen molar-refractivity contribution in [3.8, 4) is 0 Å². The molecule has 1 aliphatic carbocycles. The van der Waals surface area contributed by atoms with Crippen LogP contribution in [0.3, 0.4) is 0 Å². The number of rotatable bonds is 4. The molecule has 2 aromatic carbocycles. The zero-order valence-electron chi connectivity index (χ0n) is 12.1. The van der Waals surface area contributed by atoms with Crippen LogP contribution in [0.1, 0.15) is 35.6 Å². The molecule has 0 amide bonds. The molecule has 0 aromatic heterocycles. The summed E-state index contributed by atoms with van der Waals surface area (Å²) < 4.78 is 0. The lowest BCUT2D eigenvalue weighted by Crippen LogP contribution is -2.24. The van der Waals surface area contributed by atoms with Crippen LogP contribution in [0.15, 0.2) is 42.5 Å². The number of aryl methyl sites for hydroxylation is 1. The highest BCUT2D eigenvalue weighted by Gasteiger charge is 2.19. The average molecular weight is 317 g/mol. The van der Waals surface area contributed by atoms with Gasteiger partial charge in [-0.3, -0.25) is 10.1 Å². The topological polar surface area (TPSA) is 55.2 Å². The van der Waals surface area contributed by atoms with Gasteiger partial charge in [0.05, 0.1) is 4.92 Å². The molecule has 0 spiro atoms. The van der Waals surface area contributed by atoms with E-state index in [2.05, 4.69) is 29.6 Å². The first kappa shape index (κ1) is 15.0. The van der Waals surface area contributed by atoms with E-state index in [4.69, 9.17) is 11.6 Å². The van der Waals surface area contributed by atoms with Crippen molar-refractivity contribution in [3.63, 3.8) is 0 Å². The summed E-state index contributed by atoms with van der Waals surface area (Å²) in [6.07, 6.45) is 3.38. The summed E-state index contributed by atoms with van der Waals surface area (Å²) >= 11 is 5.84. The lowest BCUT2D eigenvalue weighted by atomic mass is 9.87. The average Bonchev–Trinajstić information content (AvgIpc) is 2.53. The molecule has 1 atom stereocenters. The van der Waals surface area contributed by atoms with Crippen molar-refractivity contribution in [2.75, 3.05) is 0 Å². The Morgan fingerprint density at radius 1 is 1.27 bits per heavy atom. The predicted molar refractivity (Wildman–Crippen MR) is 87.1 cm³/mol. The summed E-state index contributed by atoms with van der Waals surface area (Å²) in [4.78, 5) is 10.5. The van der Waals surface area contributed by atoms with Crippen LogP contribution in [0.25, 0.3) is 0 Å². The van der Waals surface area contributed by atoms with Gasteiger partial charge < -0.3 is 5.32 Å². The Morgan fingerprint density at radius 3 is 2.91 bits per heavy atom. The Bertz CT molecular complexity index is 703. The van der Waals surface area contributed by atoms with Crippen LogP contribution in [0.5, 0.6) is 0 Å². The Balaban J connectivity index is 1.74. The van der Waals surface area contributed by atoms with E-state index in [9.17, 15) is 10.1 Å². The summed E-state index contributed by atoms with van der Waals surface area (Å²) in [5.41, 5.74) is 3.58. The largest absolute Gasteiger partial charge is 0.306 e. The van der Waals surface area contributed by atoms with Gasteiger partial charge >= 0.3 is 0 Å². The van der Waals surface area contributed by atoms with Crippen molar-refractivity contribution in [1.82, 2.24) is 5.32 Å². The van der Waals surface area contributed by atoms with Crippen molar-refractivity contribution in [3.05, 3.63) is 74.3 Å². The van der Waals surface area contributed by atoms with Crippen LogP contribution in [-0.4, -0.2) is 4.92 Å². The zero-order chi connectivity index (χ0) is 15.5. The Hall–Kier alpha value is -1.91. The second kappa shape index (κ2) is 6.46. The second-order valence-electron chi connectivity index (χ2n) is 5.57. The highest BCUT2D eigenvalue weighted by Crippen LogP contribution is 2.30. The molecule has 114 valence electrons. The molecule has 0 aliphatic heterocycles. The van der Waals surface area contributed by atoms with Gasteiger partial charge in [-0.2, -0.15) is 0 Å². The maximum Gasteiger partial charge on any atom is 0.288 e. The highest BCUT2D eigenvalue weighted by molar-refractivity contribution is 6.32.